The number of allylic oxidation sites excluding steroid dienone is 3. The summed E-state index contributed by atoms with van der Waals surface area (Å²) in [5, 5.41) is 0. The predicted octanol–water partition coefficient (Wildman–Crippen LogP) is 1.43. The second-order valence-electron chi connectivity index (χ2n) is 1.03. The van der Waals surface area contributed by atoms with Crippen molar-refractivity contribution in [2.24, 2.45) is 4.99 Å². The summed E-state index contributed by atoms with van der Waals surface area (Å²) < 4.78 is 0. The van der Waals surface area contributed by atoms with Gasteiger partial charge in [0.2, 0.25) is 0 Å². The molecule has 0 saturated carbocycles. The summed E-state index contributed by atoms with van der Waals surface area (Å²) in [5.41, 5.74) is 0. The van der Waals surface area contributed by atoms with Gasteiger partial charge in [-0.3, -0.25) is 4.99 Å². The lowest BCUT2D eigenvalue weighted by Crippen LogP contribution is -1.57. The quantitative estimate of drug-likeness (QED) is 0.363. The summed E-state index contributed by atoms with van der Waals surface area (Å²) in [4.78, 5) is 3.71. The molecule has 1 heteroatoms. The molecule has 38 valence electrons. The molecule has 0 aromatic heterocycles. The first-order valence-electron chi connectivity index (χ1n) is 2.11. The van der Waals surface area contributed by atoms with Gasteiger partial charge in [-0.05, 0) is 6.08 Å². The highest BCUT2D eigenvalue weighted by molar-refractivity contribution is 5.71. The van der Waals surface area contributed by atoms with Gasteiger partial charge in [-0.1, -0.05) is 18.7 Å². The van der Waals surface area contributed by atoms with Crippen LogP contribution >= 0.6 is 0 Å². The van der Waals surface area contributed by atoms with Crippen LogP contribution in [-0.4, -0.2) is 13.3 Å². The lowest BCUT2D eigenvalue weighted by Gasteiger charge is -1.65. The highest BCUT2D eigenvalue weighted by Gasteiger charge is 1.52. The van der Waals surface area contributed by atoms with Crippen LogP contribution in [0, 0.1) is 0 Å². The van der Waals surface area contributed by atoms with Gasteiger partial charge in [0.25, 0.3) is 0 Å². The normalized spacial score (nSPS) is 11.0. The number of nitrogens with zero attached hydrogens (tertiary/aromatic N) is 1. The molecule has 0 aromatic carbocycles. The molecule has 0 bridgehead atoms. The van der Waals surface area contributed by atoms with Crippen LogP contribution in [0.5, 0.6) is 0 Å². The van der Waals surface area contributed by atoms with Crippen LogP contribution in [0.2, 0.25) is 0 Å². The van der Waals surface area contributed by atoms with Crippen LogP contribution in [0.1, 0.15) is 0 Å². The van der Waals surface area contributed by atoms with Crippen LogP contribution < -0.4 is 0 Å². The summed E-state index contributed by atoms with van der Waals surface area (Å²) in [6.45, 7) is 3.48. The van der Waals surface area contributed by atoms with Crippen LogP contribution in [0.4, 0.5) is 0 Å². The maximum Gasteiger partial charge on any atom is 0.0277 e. The second-order valence-corrected chi connectivity index (χ2v) is 1.03. The second kappa shape index (κ2) is 5.15. The highest BCUT2D eigenvalue weighted by atomic mass is 14.6. The minimum Gasteiger partial charge on any atom is -0.297 e. The number of hydrogen-bond acceptors (Lipinski definition) is 1. The van der Waals surface area contributed by atoms with Gasteiger partial charge in [0, 0.05) is 13.3 Å². The van der Waals surface area contributed by atoms with Crippen LogP contribution in [0.3, 0.4) is 0 Å². The zero-order chi connectivity index (χ0) is 5.54. The van der Waals surface area contributed by atoms with Crippen LogP contribution in [0.15, 0.2) is 29.8 Å². The van der Waals surface area contributed by atoms with E-state index in [2.05, 4.69) is 11.6 Å². The van der Waals surface area contributed by atoms with E-state index >= 15 is 0 Å². The minimum atomic E-state index is 1.71. The topological polar surface area (TPSA) is 12.4 Å². The SMILES string of the molecule is C=CC=CC=NC. The molecule has 0 fully saturated rings. The molecule has 0 radical (unpaired) electrons. The molecule has 7 heavy (non-hydrogen) atoms. The number of aliphatic imine (C=N–C) groups is 1. The molecule has 0 aliphatic heterocycles. The summed E-state index contributed by atoms with van der Waals surface area (Å²) in [5.74, 6) is 0. The molecular weight excluding hydrogens is 86.1 g/mol. The average molecular weight is 95.1 g/mol. The largest absolute Gasteiger partial charge is 0.297 e. The molecule has 0 aromatic rings. The third-order valence-corrected chi connectivity index (χ3v) is 0.482. The van der Waals surface area contributed by atoms with Gasteiger partial charge in [-0.2, -0.15) is 0 Å². The van der Waals surface area contributed by atoms with Crippen LogP contribution in [0.25, 0.3) is 0 Å². The summed E-state index contributed by atoms with van der Waals surface area (Å²) in [6, 6.07) is 0. The fourth-order valence-electron chi connectivity index (χ4n) is 0.214. The van der Waals surface area contributed by atoms with Gasteiger partial charge in [0.05, 0.1) is 0 Å². The maximum atomic E-state index is 3.71. The Balaban J connectivity index is 3.27. The van der Waals surface area contributed by atoms with E-state index in [4.69, 9.17) is 0 Å². The Labute approximate surface area is 44.1 Å². The van der Waals surface area contributed by atoms with E-state index in [1.807, 2.05) is 12.2 Å². The monoisotopic (exact) mass is 95.1 g/mol. The van der Waals surface area contributed by atoms with Crippen molar-refractivity contribution in [2.75, 3.05) is 7.05 Å². The van der Waals surface area contributed by atoms with E-state index in [9.17, 15) is 0 Å². The van der Waals surface area contributed by atoms with Crippen molar-refractivity contribution in [2.45, 2.75) is 0 Å². The van der Waals surface area contributed by atoms with E-state index < -0.39 is 0 Å². The first kappa shape index (κ1) is 6.15. The fraction of sp³-hybridized carbons (Fsp3) is 0.167. The first-order valence-corrected chi connectivity index (χ1v) is 2.11. The zero-order valence-corrected chi connectivity index (χ0v) is 4.46. The molecule has 0 aliphatic carbocycles. The van der Waals surface area contributed by atoms with Crippen LogP contribution in [-0.2, 0) is 0 Å². The minimum absolute atomic E-state index is 1.71. The summed E-state index contributed by atoms with van der Waals surface area (Å²) in [6.07, 6.45) is 7.07. The Hall–Kier alpha value is -0.850. The Morgan fingerprint density at radius 2 is 2.14 bits per heavy atom. The Bertz CT molecular complexity index is 90.4. The third kappa shape index (κ3) is 5.15. The fourth-order valence-corrected chi connectivity index (χ4v) is 0.214. The lowest BCUT2D eigenvalue weighted by molar-refractivity contribution is 1.48. The summed E-state index contributed by atoms with van der Waals surface area (Å²) in [7, 11) is 1.73. The lowest BCUT2D eigenvalue weighted by atomic mass is 10.5. The Morgan fingerprint density at radius 3 is 2.57 bits per heavy atom. The molecular formula is C6H9N. The molecule has 0 aliphatic rings. The van der Waals surface area contributed by atoms with Gasteiger partial charge >= 0.3 is 0 Å². The third-order valence-electron chi connectivity index (χ3n) is 0.482. The van der Waals surface area contributed by atoms with Crippen molar-refractivity contribution >= 4 is 6.21 Å². The van der Waals surface area contributed by atoms with Crippen molar-refractivity contribution in [3.63, 3.8) is 0 Å². The van der Waals surface area contributed by atoms with Gasteiger partial charge < -0.3 is 0 Å². The van der Waals surface area contributed by atoms with Gasteiger partial charge in [-0.15, -0.1) is 0 Å². The molecule has 0 heterocycles. The van der Waals surface area contributed by atoms with Gasteiger partial charge in [0.15, 0.2) is 0 Å². The molecule has 0 unspecified atom stereocenters. The molecule has 0 N–H and O–H groups in total. The van der Waals surface area contributed by atoms with E-state index in [-0.39, 0.29) is 0 Å². The van der Waals surface area contributed by atoms with Crippen molar-refractivity contribution in [3.8, 4) is 0 Å². The molecule has 0 saturated heterocycles. The Kier molecular flexibility index (Phi) is 4.52. The van der Waals surface area contributed by atoms with Gasteiger partial charge in [-0.25, -0.2) is 0 Å². The maximum absolute atomic E-state index is 3.71. The predicted molar refractivity (Wildman–Crippen MR) is 33.8 cm³/mol. The molecule has 0 amide bonds. The van der Waals surface area contributed by atoms with E-state index in [1.54, 1.807) is 19.3 Å². The average Bonchev–Trinajstić information content (AvgIpc) is 1.69. The Morgan fingerprint density at radius 1 is 1.43 bits per heavy atom. The van der Waals surface area contributed by atoms with Crippen molar-refractivity contribution in [3.05, 3.63) is 24.8 Å². The van der Waals surface area contributed by atoms with E-state index in [0.29, 0.717) is 0 Å². The number of hydrogen-bond donors (Lipinski definition) is 0. The summed E-state index contributed by atoms with van der Waals surface area (Å²) >= 11 is 0. The standard InChI is InChI=1S/C6H9N/c1-3-4-5-6-7-2/h3-6H,1H2,2H3. The molecule has 0 rings (SSSR count). The highest BCUT2D eigenvalue weighted by Crippen LogP contribution is 1.66. The smallest absolute Gasteiger partial charge is 0.0277 e. The molecule has 1 nitrogen and oxygen atoms in total. The van der Waals surface area contributed by atoms with Gasteiger partial charge in [0.1, 0.15) is 0 Å². The molecule has 0 atom stereocenters. The van der Waals surface area contributed by atoms with Crippen molar-refractivity contribution < 1.29 is 0 Å². The molecule has 0 spiro atoms. The first-order chi connectivity index (χ1) is 3.41. The van der Waals surface area contributed by atoms with E-state index in [1.165, 1.54) is 0 Å². The van der Waals surface area contributed by atoms with Crippen molar-refractivity contribution in [1.29, 1.82) is 0 Å². The van der Waals surface area contributed by atoms with Crippen molar-refractivity contribution in [1.82, 2.24) is 0 Å². The van der Waals surface area contributed by atoms with E-state index in [0.717, 1.165) is 0 Å². The number of rotatable bonds is 2. The zero-order valence-electron chi connectivity index (χ0n) is 4.46.